The summed E-state index contributed by atoms with van der Waals surface area (Å²) in [6, 6.07) is 0. The first kappa shape index (κ1) is 7.06. The Bertz CT molecular complexity index is 257. The zero-order valence-corrected chi connectivity index (χ0v) is 6.84. The Morgan fingerprint density at radius 2 is 2.45 bits per heavy atom. The van der Waals surface area contributed by atoms with E-state index in [1.165, 1.54) is 11.3 Å². The van der Waals surface area contributed by atoms with Crippen molar-refractivity contribution < 1.29 is 5.11 Å². The fourth-order valence-corrected chi connectivity index (χ4v) is 1.85. The first-order valence-corrected chi connectivity index (χ1v) is 4.48. The number of nitrogen functional groups attached to an aromatic ring is 1. The molecule has 4 heteroatoms. The first-order chi connectivity index (χ1) is 5.27. The number of aliphatic hydroxyl groups excluding tert-OH is 1. The predicted molar refractivity (Wildman–Crippen MR) is 44.2 cm³/mol. The number of nitrogens with two attached hydrogens (primary N) is 1. The fraction of sp³-hybridized carbons (Fsp3) is 0.571. The van der Waals surface area contributed by atoms with Crippen molar-refractivity contribution >= 4 is 16.5 Å². The standard InChI is InChI=1S/C7H10N2OS/c8-7-9-3-5(11-7)6(10)4-1-2-4/h3-4,6,10H,1-2H2,(H2,8,9). The molecule has 0 bridgehead atoms. The maximum Gasteiger partial charge on any atom is 0.180 e. The van der Waals surface area contributed by atoms with E-state index < -0.39 is 0 Å². The molecule has 1 aliphatic carbocycles. The number of hydrogen-bond donors (Lipinski definition) is 2. The largest absolute Gasteiger partial charge is 0.387 e. The minimum Gasteiger partial charge on any atom is -0.387 e. The molecule has 0 aliphatic heterocycles. The molecule has 0 aromatic carbocycles. The van der Waals surface area contributed by atoms with Crippen LogP contribution < -0.4 is 5.73 Å². The zero-order valence-electron chi connectivity index (χ0n) is 6.03. The van der Waals surface area contributed by atoms with Gasteiger partial charge < -0.3 is 10.8 Å². The van der Waals surface area contributed by atoms with Crippen LogP contribution in [0.2, 0.25) is 0 Å². The number of anilines is 1. The summed E-state index contributed by atoms with van der Waals surface area (Å²) in [4.78, 5) is 4.79. The summed E-state index contributed by atoms with van der Waals surface area (Å²) in [5.41, 5.74) is 5.43. The lowest BCUT2D eigenvalue weighted by Crippen LogP contribution is -1.95. The Hall–Kier alpha value is -0.610. The molecule has 0 radical (unpaired) electrons. The van der Waals surface area contributed by atoms with Gasteiger partial charge in [0.05, 0.1) is 11.0 Å². The van der Waals surface area contributed by atoms with E-state index in [9.17, 15) is 5.11 Å². The van der Waals surface area contributed by atoms with Gasteiger partial charge >= 0.3 is 0 Å². The zero-order chi connectivity index (χ0) is 7.84. The topological polar surface area (TPSA) is 59.1 Å². The summed E-state index contributed by atoms with van der Waals surface area (Å²) >= 11 is 1.38. The molecule has 0 spiro atoms. The van der Waals surface area contributed by atoms with Crippen molar-refractivity contribution in [1.82, 2.24) is 4.98 Å². The lowest BCUT2D eigenvalue weighted by molar-refractivity contribution is 0.157. The molecule has 1 saturated carbocycles. The highest BCUT2D eigenvalue weighted by Crippen LogP contribution is 2.42. The Morgan fingerprint density at radius 1 is 1.73 bits per heavy atom. The van der Waals surface area contributed by atoms with E-state index in [-0.39, 0.29) is 6.10 Å². The summed E-state index contributed by atoms with van der Waals surface area (Å²) in [5, 5.41) is 10.1. The van der Waals surface area contributed by atoms with Crippen LogP contribution in [-0.2, 0) is 0 Å². The summed E-state index contributed by atoms with van der Waals surface area (Å²) in [6.45, 7) is 0. The Morgan fingerprint density at radius 3 is 2.91 bits per heavy atom. The third kappa shape index (κ3) is 1.36. The molecule has 0 saturated heterocycles. The predicted octanol–water partition coefficient (Wildman–Crippen LogP) is 1.17. The summed E-state index contributed by atoms with van der Waals surface area (Å²) in [5.74, 6) is 0.467. The van der Waals surface area contributed by atoms with Gasteiger partial charge in [0.25, 0.3) is 0 Å². The third-order valence-electron chi connectivity index (χ3n) is 1.90. The maximum atomic E-state index is 9.59. The van der Waals surface area contributed by atoms with Crippen LogP contribution in [0.15, 0.2) is 6.20 Å². The molecule has 1 unspecified atom stereocenters. The van der Waals surface area contributed by atoms with Crippen molar-refractivity contribution in [3.8, 4) is 0 Å². The molecule has 2 rings (SSSR count). The van der Waals surface area contributed by atoms with Crippen molar-refractivity contribution in [2.75, 3.05) is 5.73 Å². The number of aromatic nitrogens is 1. The van der Waals surface area contributed by atoms with Gasteiger partial charge in [-0.25, -0.2) is 4.98 Å². The highest BCUT2D eigenvalue weighted by Gasteiger charge is 2.31. The molecule has 11 heavy (non-hydrogen) atoms. The van der Waals surface area contributed by atoms with Crippen LogP contribution in [0.25, 0.3) is 0 Å². The van der Waals surface area contributed by atoms with Crippen molar-refractivity contribution in [2.45, 2.75) is 18.9 Å². The van der Waals surface area contributed by atoms with Gasteiger partial charge in [-0.1, -0.05) is 11.3 Å². The second-order valence-corrected chi connectivity index (χ2v) is 3.98. The van der Waals surface area contributed by atoms with E-state index in [4.69, 9.17) is 5.73 Å². The SMILES string of the molecule is Nc1ncc(C(O)C2CC2)s1. The molecule has 1 heterocycles. The van der Waals surface area contributed by atoms with Crippen molar-refractivity contribution in [2.24, 2.45) is 5.92 Å². The van der Waals surface area contributed by atoms with Crippen LogP contribution in [0, 0.1) is 5.92 Å². The van der Waals surface area contributed by atoms with Gasteiger partial charge in [-0.05, 0) is 18.8 Å². The normalized spacial score (nSPS) is 20.1. The average Bonchev–Trinajstić information content (AvgIpc) is 2.74. The number of rotatable bonds is 2. The molecular formula is C7H10N2OS. The highest BCUT2D eigenvalue weighted by atomic mass is 32.1. The summed E-state index contributed by atoms with van der Waals surface area (Å²) < 4.78 is 0. The lowest BCUT2D eigenvalue weighted by Gasteiger charge is -2.02. The number of thiazole rings is 1. The third-order valence-corrected chi connectivity index (χ3v) is 2.80. The number of nitrogens with zero attached hydrogens (tertiary/aromatic N) is 1. The molecule has 1 aromatic rings. The second kappa shape index (κ2) is 2.46. The van der Waals surface area contributed by atoms with Crippen LogP contribution in [0.3, 0.4) is 0 Å². The second-order valence-electron chi connectivity index (χ2n) is 2.88. The van der Waals surface area contributed by atoms with Crippen LogP contribution in [0.1, 0.15) is 23.8 Å². The fourth-order valence-electron chi connectivity index (χ4n) is 1.08. The number of hydrogen-bond acceptors (Lipinski definition) is 4. The molecule has 1 aromatic heterocycles. The van der Waals surface area contributed by atoms with Crippen LogP contribution in [0.4, 0.5) is 5.13 Å². The average molecular weight is 170 g/mol. The van der Waals surface area contributed by atoms with Crippen LogP contribution in [0.5, 0.6) is 0 Å². The molecule has 1 fully saturated rings. The molecule has 1 atom stereocenters. The van der Waals surface area contributed by atoms with Gasteiger partial charge in [-0.15, -0.1) is 0 Å². The van der Waals surface area contributed by atoms with E-state index in [0.29, 0.717) is 11.0 Å². The van der Waals surface area contributed by atoms with Crippen molar-refractivity contribution in [1.29, 1.82) is 0 Å². The van der Waals surface area contributed by atoms with Gasteiger partial charge in [0.15, 0.2) is 5.13 Å². The highest BCUT2D eigenvalue weighted by molar-refractivity contribution is 7.15. The van der Waals surface area contributed by atoms with Crippen molar-refractivity contribution in [3.05, 3.63) is 11.1 Å². The summed E-state index contributed by atoms with van der Waals surface area (Å²) in [7, 11) is 0. The Balaban J connectivity index is 2.14. The maximum absolute atomic E-state index is 9.59. The summed E-state index contributed by atoms with van der Waals surface area (Å²) in [6.07, 6.45) is 3.63. The smallest absolute Gasteiger partial charge is 0.180 e. The van der Waals surface area contributed by atoms with Crippen LogP contribution in [-0.4, -0.2) is 10.1 Å². The van der Waals surface area contributed by atoms with Gasteiger partial charge in [-0.3, -0.25) is 0 Å². The van der Waals surface area contributed by atoms with Gasteiger partial charge in [0, 0.05) is 6.20 Å². The van der Waals surface area contributed by atoms with E-state index in [0.717, 1.165) is 17.7 Å². The van der Waals surface area contributed by atoms with E-state index in [1.807, 2.05) is 0 Å². The quantitative estimate of drug-likeness (QED) is 0.700. The molecule has 3 N–H and O–H groups in total. The minimum atomic E-state index is -0.315. The molecule has 1 aliphatic rings. The van der Waals surface area contributed by atoms with Gasteiger partial charge in [0.1, 0.15) is 0 Å². The Kier molecular flexibility index (Phi) is 1.58. The van der Waals surface area contributed by atoms with Crippen LogP contribution >= 0.6 is 11.3 Å². The minimum absolute atomic E-state index is 0.315. The monoisotopic (exact) mass is 170 g/mol. The van der Waals surface area contributed by atoms with E-state index in [1.54, 1.807) is 6.20 Å². The number of aliphatic hydroxyl groups is 1. The lowest BCUT2D eigenvalue weighted by atomic mass is 10.2. The Labute approximate surface area is 68.9 Å². The van der Waals surface area contributed by atoms with E-state index >= 15 is 0 Å². The molecule has 0 amide bonds. The molecule has 3 nitrogen and oxygen atoms in total. The van der Waals surface area contributed by atoms with E-state index in [2.05, 4.69) is 4.98 Å². The first-order valence-electron chi connectivity index (χ1n) is 3.66. The van der Waals surface area contributed by atoms with Gasteiger partial charge in [-0.2, -0.15) is 0 Å². The molecular weight excluding hydrogens is 160 g/mol. The van der Waals surface area contributed by atoms with Crippen molar-refractivity contribution in [3.63, 3.8) is 0 Å². The van der Waals surface area contributed by atoms with Gasteiger partial charge in [0.2, 0.25) is 0 Å². The molecule has 60 valence electrons.